The highest BCUT2D eigenvalue weighted by molar-refractivity contribution is 14.0. The zero-order valence-electron chi connectivity index (χ0n) is 16.9. The Morgan fingerprint density at radius 1 is 1.29 bits per heavy atom. The average molecular weight is 514 g/mol. The molecular formula is C20H31IN6S. The number of nitrogens with zero attached hydrogens (tertiary/aromatic N) is 4. The molecule has 2 N–H and O–H groups in total. The number of thiazole rings is 1. The van der Waals surface area contributed by atoms with Gasteiger partial charge >= 0.3 is 0 Å². The smallest absolute Gasteiger partial charge is 0.191 e. The van der Waals surface area contributed by atoms with Gasteiger partial charge in [-0.15, -0.1) is 35.3 Å². The Hall–Kier alpha value is -1.26. The summed E-state index contributed by atoms with van der Waals surface area (Å²) in [6.07, 6.45) is 4.10. The van der Waals surface area contributed by atoms with Crippen molar-refractivity contribution in [2.24, 2.45) is 4.99 Å². The van der Waals surface area contributed by atoms with Gasteiger partial charge in [0.2, 0.25) is 0 Å². The first-order valence-electron chi connectivity index (χ1n) is 9.74. The number of pyridine rings is 1. The third kappa shape index (κ3) is 6.97. The largest absolute Gasteiger partial charge is 0.357 e. The third-order valence-electron chi connectivity index (χ3n) is 4.83. The Kier molecular flexibility index (Phi) is 9.60. The number of aryl methyl sites for hydroxylation is 2. The number of aromatic nitrogens is 2. The molecule has 0 saturated carbocycles. The van der Waals surface area contributed by atoms with Crippen LogP contribution in [0.25, 0.3) is 0 Å². The van der Waals surface area contributed by atoms with Crippen LogP contribution in [0, 0.1) is 13.8 Å². The topological polar surface area (TPSA) is 65.4 Å². The summed E-state index contributed by atoms with van der Waals surface area (Å²) in [6, 6.07) is 6.58. The van der Waals surface area contributed by atoms with E-state index in [-0.39, 0.29) is 24.0 Å². The Morgan fingerprint density at radius 3 is 2.68 bits per heavy atom. The maximum absolute atomic E-state index is 4.74. The van der Waals surface area contributed by atoms with Gasteiger partial charge in [-0.05, 0) is 45.7 Å². The molecule has 0 aromatic carbocycles. The highest BCUT2D eigenvalue weighted by Crippen LogP contribution is 2.17. The lowest BCUT2D eigenvalue weighted by atomic mass is 10.0. The highest BCUT2D eigenvalue weighted by atomic mass is 127. The fourth-order valence-electron chi connectivity index (χ4n) is 3.22. The van der Waals surface area contributed by atoms with E-state index in [1.54, 1.807) is 11.3 Å². The summed E-state index contributed by atoms with van der Waals surface area (Å²) in [5, 5.41) is 8.05. The summed E-state index contributed by atoms with van der Waals surface area (Å²) >= 11 is 1.74. The van der Waals surface area contributed by atoms with Crippen LogP contribution in [-0.4, -0.2) is 46.5 Å². The highest BCUT2D eigenvalue weighted by Gasteiger charge is 2.20. The summed E-state index contributed by atoms with van der Waals surface area (Å²) in [6.45, 7) is 10.9. The molecule has 3 rings (SSSR count). The van der Waals surface area contributed by atoms with E-state index in [0.29, 0.717) is 12.6 Å². The van der Waals surface area contributed by atoms with Crippen LogP contribution in [0.4, 0.5) is 0 Å². The first-order chi connectivity index (χ1) is 13.1. The number of nitrogens with one attached hydrogen (secondary N) is 2. The first-order valence-corrected chi connectivity index (χ1v) is 10.6. The minimum Gasteiger partial charge on any atom is -0.357 e. The summed E-state index contributed by atoms with van der Waals surface area (Å²) in [5.74, 6) is 0.895. The monoisotopic (exact) mass is 514 g/mol. The van der Waals surface area contributed by atoms with Crippen molar-refractivity contribution >= 4 is 41.3 Å². The third-order valence-corrected chi connectivity index (χ3v) is 5.89. The van der Waals surface area contributed by atoms with E-state index in [2.05, 4.69) is 58.4 Å². The van der Waals surface area contributed by atoms with Gasteiger partial charge in [0.05, 0.1) is 17.9 Å². The van der Waals surface area contributed by atoms with E-state index in [4.69, 9.17) is 4.99 Å². The van der Waals surface area contributed by atoms with Gasteiger partial charge in [0.25, 0.3) is 0 Å². The van der Waals surface area contributed by atoms with E-state index >= 15 is 0 Å². The Morgan fingerprint density at radius 2 is 2.07 bits per heavy atom. The molecule has 1 aliphatic heterocycles. The van der Waals surface area contributed by atoms with Crippen LogP contribution in [0.3, 0.4) is 0 Å². The first kappa shape index (κ1) is 23.0. The van der Waals surface area contributed by atoms with Crippen LogP contribution in [0.2, 0.25) is 0 Å². The summed E-state index contributed by atoms with van der Waals surface area (Å²) < 4.78 is 0. The van der Waals surface area contributed by atoms with Crippen molar-refractivity contribution in [3.63, 3.8) is 0 Å². The molecule has 0 aliphatic carbocycles. The SMILES string of the molecule is CCNC(=NCc1nc(C)c(C)s1)NC1CCN(Cc2ccccn2)CC1.I. The Labute approximate surface area is 189 Å². The van der Waals surface area contributed by atoms with Gasteiger partial charge in [0.1, 0.15) is 5.01 Å². The zero-order chi connectivity index (χ0) is 19.1. The molecule has 1 fully saturated rings. The number of likely N-dealkylation sites (tertiary alicyclic amines) is 1. The molecule has 28 heavy (non-hydrogen) atoms. The number of aliphatic imine (C=N–C) groups is 1. The number of hydrogen-bond acceptors (Lipinski definition) is 5. The van der Waals surface area contributed by atoms with Crippen LogP contribution in [-0.2, 0) is 13.1 Å². The van der Waals surface area contributed by atoms with Crippen molar-refractivity contribution < 1.29 is 0 Å². The maximum Gasteiger partial charge on any atom is 0.191 e. The van der Waals surface area contributed by atoms with Crippen molar-refractivity contribution in [1.82, 2.24) is 25.5 Å². The van der Waals surface area contributed by atoms with Gasteiger partial charge in [0.15, 0.2) is 5.96 Å². The van der Waals surface area contributed by atoms with Crippen LogP contribution >= 0.6 is 35.3 Å². The zero-order valence-corrected chi connectivity index (χ0v) is 20.1. The van der Waals surface area contributed by atoms with E-state index in [1.807, 2.05) is 12.3 Å². The van der Waals surface area contributed by atoms with Crippen LogP contribution < -0.4 is 10.6 Å². The molecular weight excluding hydrogens is 483 g/mol. The Bertz CT molecular complexity index is 721. The molecule has 1 aliphatic rings. The lowest BCUT2D eigenvalue weighted by Gasteiger charge is -2.32. The second-order valence-electron chi connectivity index (χ2n) is 6.96. The fourth-order valence-corrected chi connectivity index (χ4v) is 4.08. The molecule has 154 valence electrons. The predicted octanol–water partition coefficient (Wildman–Crippen LogP) is 3.49. The maximum atomic E-state index is 4.74. The van der Waals surface area contributed by atoms with Crippen molar-refractivity contribution in [3.8, 4) is 0 Å². The van der Waals surface area contributed by atoms with Crippen LogP contribution in [0.1, 0.15) is 41.0 Å². The minimum atomic E-state index is 0. The average Bonchev–Trinajstić information content (AvgIpc) is 3.00. The molecule has 8 heteroatoms. The summed E-state index contributed by atoms with van der Waals surface area (Å²) in [7, 11) is 0. The molecule has 0 atom stereocenters. The van der Waals surface area contributed by atoms with Crippen molar-refractivity contribution in [3.05, 3.63) is 45.7 Å². The van der Waals surface area contributed by atoms with Crippen molar-refractivity contribution in [2.45, 2.75) is 52.7 Å². The minimum absolute atomic E-state index is 0. The second-order valence-corrected chi connectivity index (χ2v) is 8.25. The van der Waals surface area contributed by atoms with Crippen molar-refractivity contribution in [1.29, 1.82) is 0 Å². The van der Waals surface area contributed by atoms with E-state index < -0.39 is 0 Å². The Balaban J connectivity index is 0.00000280. The molecule has 2 aromatic heterocycles. The van der Waals surface area contributed by atoms with Crippen LogP contribution in [0.5, 0.6) is 0 Å². The number of halogens is 1. The lowest BCUT2D eigenvalue weighted by molar-refractivity contribution is 0.196. The summed E-state index contributed by atoms with van der Waals surface area (Å²) in [4.78, 5) is 17.5. The molecule has 6 nitrogen and oxygen atoms in total. The molecule has 2 aromatic rings. The fraction of sp³-hybridized carbons (Fsp3) is 0.550. The molecule has 1 saturated heterocycles. The quantitative estimate of drug-likeness (QED) is 0.351. The van der Waals surface area contributed by atoms with E-state index in [9.17, 15) is 0 Å². The van der Waals surface area contributed by atoms with Gasteiger partial charge in [-0.25, -0.2) is 9.98 Å². The molecule has 0 bridgehead atoms. The van der Waals surface area contributed by atoms with Gasteiger partial charge in [-0.2, -0.15) is 0 Å². The number of rotatable bonds is 6. The van der Waals surface area contributed by atoms with Gasteiger partial charge < -0.3 is 10.6 Å². The van der Waals surface area contributed by atoms with E-state index in [0.717, 1.165) is 61.4 Å². The molecule has 0 unspecified atom stereocenters. The molecule has 0 radical (unpaired) electrons. The second kappa shape index (κ2) is 11.7. The lowest BCUT2D eigenvalue weighted by Crippen LogP contribution is -2.48. The van der Waals surface area contributed by atoms with Gasteiger partial charge in [-0.3, -0.25) is 9.88 Å². The van der Waals surface area contributed by atoms with E-state index in [1.165, 1.54) is 4.88 Å². The number of piperidine rings is 1. The van der Waals surface area contributed by atoms with Crippen LogP contribution in [0.15, 0.2) is 29.4 Å². The normalized spacial score (nSPS) is 15.9. The molecule has 3 heterocycles. The predicted molar refractivity (Wildman–Crippen MR) is 127 cm³/mol. The number of hydrogen-bond donors (Lipinski definition) is 2. The number of guanidine groups is 1. The van der Waals surface area contributed by atoms with Crippen molar-refractivity contribution in [2.75, 3.05) is 19.6 Å². The van der Waals surface area contributed by atoms with Gasteiger partial charge in [0, 0.05) is 43.3 Å². The van der Waals surface area contributed by atoms with Gasteiger partial charge in [-0.1, -0.05) is 6.07 Å². The molecule has 0 amide bonds. The molecule has 0 spiro atoms. The standard InChI is InChI=1S/C20H30N6S.HI/c1-4-21-20(23-13-19-24-15(2)16(3)27-19)25-17-8-11-26(12-9-17)14-18-7-5-6-10-22-18;/h5-7,10,17H,4,8-9,11-14H2,1-3H3,(H2,21,23,25);1H. The summed E-state index contributed by atoms with van der Waals surface area (Å²) in [5.41, 5.74) is 2.26.